The van der Waals surface area contributed by atoms with Crippen molar-refractivity contribution in [1.82, 2.24) is 14.8 Å². The number of amides is 2. The molecule has 2 heterocycles. The van der Waals surface area contributed by atoms with Crippen molar-refractivity contribution in [2.45, 2.75) is 26.1 Å². The van der Waals surface area contributed by atoms with Gasteiger partial charge in [0.05, 0.1) is 11.3 Å². The van der Waals surface area contributed by atoms with Crippen molar-refractivity contribution in [2.24, 2.45) is 0 Å². The van der Waals surface area contributed by atoms with E-state index in [2.05, 4.69) is 15.2 Å². The minimum atomic E-state index is -4.82. The highest BCUT2D eigenvalue weighted by molar-refractivity contribution is 5.89. The van der Waals surface area contributed by atoms with Crippen molar-refractivity contribution >= 4 is 11.7 Å². The van der Waals surface area contributed by atoms with Gasteiger partial charge in [0.25, 0.3) is 0 Å². The topological polar surface area (TPSA) is 48.5 Å². The van der Waals surface area contributed by atoms with E-state index in [4.69, 9.17) is 0 Å². The highest BCUT2D eigenvalue weighted by Gasteiger charge is 2.34. The largest absolute Gasteiger partial charge is 0.419 e. The van der Waals surface area contributed by atoms with Crippen LogP contribution < -0.4 is 5.32 Å². The van der Waals surface area contributed by atoms with E-state index in [0.29, 0.717) is 38.3 Å². The number of nitrogens with one attached hydrogen (secondary N) is 1. The molecular weight excluding hydrogens is 388 g/mol. The molecule has 1 N–H and O–H groups in total. The van der Waals surface area contributed by atoms with Crippen molar-refractivity contribution in [3.63, 3.8) is 0 Å². The zero-order chi connectivity index (χ0) is 21.0. The van der Waals surface area contributed by atoms with Crippen molar-refractivity contribution in [3.05, 3.63) is 59.2 Å². The summed E-state index contributed by atoms with van der Waals surface area (Å²) in [4.78, 5) is 20.7. The van der Waals surface area contributed by atoms with Crippen LogP contribution >= 0.6 is 0 Å². The molecule has 0 saturated carbocycles. The number of rotatable bonds is 3. The molecule has 9 heteroatoms. The lowest BCUT2D eigenvalue weighted by Gasteiger charge is -2.22. The number of pyridine rings is 1. The van der Waals surface area contributed by atoms with Crippen LogP contribution in [0.2, 0.25) is 0 Å². The number of benzene rings is 1. The number of hydrogen-bond donors (Lipinski definition) is 1. The summed E-state index contributed by atoms with van der Waals surface area (Å²) in [5, 5.41) is 2.44. The maximum atomic E-state index is 13.4. The highest BCUT2D eigenvalue weighted by Crippen LogP contribution is 2.33. The zero-order valence-corrected chi connectivity index (χ0v) is 16.0. The fourth-order valence-corrected chi connectivity index (χ4v) is 3.27. The summed E-state index contributed by atoms with van der Waals surface area (Å²) in [5.74, 6) is -1.37. The lowest BCUT2D eigenvalue weighted by Crippen LogP contribution is -2.38. The Hall–Kier alpha value is -2.68. The van der Waals surface area contributed by atoms with Gasteiger partial charge in [0.2, 0.25) is 0 Å². The standard InChI is InChI=1S/C20H22F4N4O/c1-14-4-2-5-16(25-14)13-27-8-3-9-28(11-10-27)19(29)26-15-6-7-18(21)17(12-15)20(22,23)24/h2,4-7,12H,3,8-11,13H2,1H3,(H,26,29). The van der Waals surface area contributed by atoms with Crippen LogP contribution in [0.25, 0.3) is 0 Å². The summed E-state index contributed by atoms with van der Waals surface area (Å²) in [7, 11) is 0. The van der Waals surface area contributed by atoms with Gasteiger partial charge >= 0.3 is 12.2 Å². The Labute approximate surface area is 166 Å². The van der Waals surface area contributed by atoms with Gasteiger partial charge in [0, 0.05) is 44.1 Å². The van der Waals surface area contributed by atoms with Gasteiger partial charge in [0.1, 0.15) is 5.82 Å². The molecule has 3 rings (SSSR count). The van der Waals surface area contributed by atoms with E-state index in [9.17, 15) is 22.4 Å². The van der Waals surface area contributed by atoms with E-state index in [1.54, 1.807) is 4.90 Å². The average molecular weight is 410 g/mol. The van der Waals surface area contributed by atoms with Crippen LogP contribution in [0.4, 0.5) is 28.0 Å². The first-order valence-electron chi connectivity index (χ1n) is 9.30. The van der Waals surface area contributed by atoms with Crippen molar-refractivity contribution in [3.8, 4) is 0 Å². The van der Waals surface area contributed by atoms with Gasteiger partial charge < -0.3 is 10.2 Å². The van der Waals surface area contributed by atoms with E-state index < -0.39 is 23.6 Å². The number of alkyl halides is 3. The van der Waals surface area contributed by atoms with Crippen molar-refractivity contribution in [2.75, 3.05) is 31.5 Å². The third-order valence-electron chi connectivity index (χ3n) is 4.73. The molecule has 29 heavy (non-hydrogen) atoms. The monoisotopic (exact) mass is 410 g/mol. The fourth-order valence-electron chi connectivity index (χ4n) is 3.27. The van der Waals surface area contributed by atoms with E-state index in [1.807, 2.05) is 25.1 Å². The summed E-state index contributed by atoms with van der Waals surface area (Å²) >= 11 is 0. The minimum absolute atomic E-state index is 0.0891. The molecule has 0 aliphatic carbocycles. The molecule has 0 spiro atoms. The van der Waals surface area contributed by atoms with Crippen LogP contribution in [0.5, 0.6) is 0 Å². The van der Waals surface area contributed by atoms with Gasteiger partial charge in [-0.05, 0) is 43.7 Å². The second-order valence-corrected chi connectivity index (χ2v) is 7.01. The number of urea groups is 1. The molecule has 0 unspecified atom stereocenters. The number of nitrogens with zero attached hydrogens (tertiary/aromatic N) is 3. The number of anilines is 1. The second kappa shape index (κ2) is 8.77. The van der Waals surface area contributed by atoms with E-state index in [1.165, 1.54) is 0 Å². The van der Waals surface area contributed by atoms with Crippen LogP contribution in [0.3, 0.4) is 0 Å². The summed E-state index contributed by atoms with van der Waals surface area (Å²) in [6, 6.07) is 7.77. The first-order valence-corrected chi connectivity index (χ1v) is 9.30. The summed E-state index contributed by atoms with van der Waals surface area (Å²) in [5.41, 5.74) is 0.404. The first-order chi connectivity index (χ1) is 13.7. The third kappa shape index (κ3) is 5.66. The Morgan fingerprint density at radius 1 is 1.14 bits per heavy atom. The minimum Gasteiger partial charge on any atom is -0.323 e. The number of halogens is 4. The van der Waals surface area contributed by atoms with E-state index in [0.717, 1.165) is 30.4 Å². The molecule has 1 aromatic heterocycles. The normalized spacial score (nSPS) is 15.8. The van der Waals surface area contributed by atoms with Gasteiger partial charge in [-0.25, -0.2) is 9.18 Å². The number of aromatic nitrogens is 1. The lowest BCUT2D eigenvalue weighted by molar-refractivity contribution is -0.139. The molecule has 156 valence electrons. The molecule has 2 amide bonds. The molecule has 1 aliphatic heterocycles. The third-order valence-corrected chi connectivity index (χ3v) is 4.73. The Kier molecular flexibility index (Phi) is 6.36. The number of hydrogen-bond acceptors (Lipinski definition) is 3. The van der Waals surface area contributed by atoms with Gasteiger partial charge in [-0.3, -0.25) is 9.88 Å². The number of carbonyl (C=O) groups is 1. The van der Waals surface area contributed by atoms with Crippen LogP contribution in [0.15, 0.2) is 36.4 Å². The van der Waals surface area contributed by atoms with Gasteiger partial charge in [-0.15, -0.1) is 0 Å². The van der Waals surface area contributed by atoms with E-state index >= 15 is 0 Å². The van der Waals surface area contributed by atoms with Crippen LogP contribution in [0, 0.1) is 12.7 Å². The smallest absolute Gasteiger partial charge is 0.323 e. The molecule has 0 bridgehead atoms. The Morgan fingerprint density at radius 2 is 1.93 bits per heavy atom. The average Bonchev–Trinajstić information content (AvgIpc) is 2.88. The predicted molar refractivity (Wildman–Crippen MR) is 101 cm³/mol. The summed E-state index contributed by atoms with van der Waals surface area (Å²) in [6.07, 6.45) is -4.09. The fraction of sp³-hybridized carbons (Fsp3) is 0.400. The Bertz CT molecular complexity index is 872. The van der Waals surface area contributed by atoms with Crippen molar-refractivity contribution < 1.29 is 22.4 Å². The van der Waals surface area contributed by atoms with Gasteiger partial charge in [-0.1, -0.05) is 6.07 Å². The van der Waals surface area contributed by atoms with Crippen molar-refractivity contribution in [1.29, 1.82) is 0 Å². The van der Waals surface area contributed by atoms with Crippen LogP contribution in [-0.4, -0.2) is 47.0 Å². The molecule has 1 aromatic carbocycles. The molecule has 1 aliphatic rings. The Balaban J connectivity index is 1.60. The molecule has 1 saturated heterocycles. The molecule has 0 radical (unpaired) electrons. The molecule has 0 atom stereocenters. The van der Waals surface area contributed by atoms with Crippen LogP contribution in [0.1, 0.15) is 23.4 Å². The SMILES string of the molecule is Cc1cccc(CN2CCCN(C(=O)Nc3ccc(F)c(C(F)(F)F)c3)CC2)n1. The number of carbonyl (C=O) groups excluding carboxylic acids is 1. The Morgan fingerprint density at radius 3 is 2.66 bits per heavy atom. The van der Waals surface area contributed by atoms with Gasteiger partial charge in [-0.2, -0.15) is 13.2 Å². The summed E-state index contributed by atoms with van der Waals surface area (Å²) < 4.78 is 51.9. The zero-order valence-electron chi connectivity index (χ0n) is 16.0. The number of aryl methyl sites for hydroxylation is 1. The quantitative estimate of drug-likeness (QED) is 0.768. The molecule has 1 fully saturated rings. The summed E-state index contributed by atoms with van der Waals surface area (Å²) in [6.45, 7) is 4.93. The predicted octanol–water partition coefficient (Wildman–Crippen LogP) is 4.29. The van der Waals surface area contributed by atoms with E-state index in [-0.39, 0.29) is 5.69 Å². The van der Waals surface area contributed by atoms with Crippen LogP contribution in [-0.2, 0) is 12.7 Å². The van der Waals surface area contributed by atoms with Gasteiger partial charge in [0.15, 0.2) is 0 Å². The lowest BCUT2D eigenvalue weighted by atomic mass is 10.2. The molecule has 2 aromatic rings. The molecule has 5 nitrogen and oxygen atoms in total. The maximum Gasteiger partial charge on any atom is 0.419 e. The highest BCUT2D eigenvalue weighted by atomic mass is 19.4. The maximum absolute atomic E-state index is 13.4. The second-order valence-electron chi connectivity index (χ2n) is 7.01. The molecular formula is C20H22F4N4O. The first kappa shape index (κ1) is 21.0.